The summed E-state index contributed by atoms with van der Waals surface area (Å²) in [4.78, 5) is 12.0. The molecular formula is C20H26N2O2. The summed E-state index contributed by atoms with van der Waals surface area (Å²) in [6.07, 6.45) is 1.07. The van der Waals surface area contributed by atoms with Gasteiger partial charge in [0.2, 0.25) is 0 Å². The lowest BCUT2D eigenvalue weighted by Gasteiger charge is -2.23. The van der Waals surface area contributed by atoms with Gasteiger partial charge in [0, 0.05) is 11.4 Å². The van der Waals surface area contributed by atoms with Crippen LogP contribution < -0.4 is 15.8 Å². The van der Waals surface area contributed by atoms with Crippen molar-refractivity contribution in [3.63, 3.8) is 0 Å². The van der Waals surface area contributed by atoms with Gasteiger partial charge in [-0.05, 0) is 60.2 Å². The maximum atomic E-state index is 12.0. The molecule has 4 nitrogen and oxygen atoms in total. The first-order valence-electron chi connectivity index (χ1n) is 8.21. The predicted molar refractivity (Wildman–Crippen MR) is 99.5 cm³/mol. The number of nitrogen functional groups attached to an aromatic ring is 1. The van der Waals surface area contributed by atoms with E-state index in [0.29, 0.717) is 11.4 Å². The summed E-state index contributed by atoms with van der Waals surface area (Å²) in [5, 5.41) is 2.83. The lowest BCUT2D eigenvalue weighted by atomic mass is 9.82. The van der Waals surface area contributed by atoms with Gasteiger partial charge in [0.25, 0.3) is 5.91 Å². The molecule has 0 radical (unpaired) electrons. The molecule has 0 aliphatic carbocycles. The smallest absolute Gasteiger partial charge is 0.262 e. The Kier molecular flexibility index (Phi) is 5.50. The molecule has 24 heavy (non-hydrogen) atoms. The topological polar surface area (TPSA) is 64.3 Å². The molecule has 3 N–H and O–H groups in total. The predicted octanol–water partition coefficient (Wildman–Crippen LogP) is 4.28. The number of hydrogen-bond acceptors (Lipinski definition) is 3. The number of hydrogen-bond donors (Lipinski definition) is 2. The van der Waals surface area contributed by atoms with Crippen LogP contribution in [0.3, 0.4) is 0 Å². The van der Waals surface area contributed by atoms with Crippen molar-refractivity contribution >= 4 is 17.3 Å². The van der Waals surface area contributed by atoms with Gasteiger partial charge in [-0.15, -0.1) is 0 Å². The number of anilines is 2. The van der Waals surface area contributed by atoms with Crippen LogP contribution in [-0.2, 0) is 10.2 Å². The van der Waals surface area contributed by atoms with E-state index >= 15 is 0 Å². The Morgan fingerprint density at radius 2 is 1.83 bits per heavy atom. The van der Waals surface area contributed by atoms with E-state index < -0.39 is 0 Å². The summed E-state index contributed by atoms with van der Waals surface area (Å²) in [6.45, 7) is 8.48. The molecule has 0 saturated carbocycles. The molecule has 2 aromatic carbocycles. The Labute approximate surface area is 144 Å². The third-order valence-electron chi connectivity index (χ3n) is 4.41. The normalized spacial score (nSPS) is 11.2. The summed E-state index contributed by atoms with van der Waals surface area (Å²) in [5.41, 5.74) is 9.46. The Morgan fingerprint density at radius 1 is 1.17 bits per heavy atom. The zero-order valence-corrected chi connectivity index (χ0v) is 14.8. The highest BCUT2D eigenvalue weighted by Gasteiger charge is 2.17. The minimum Gasteiger partial charge on any atom is -0.484 e. The van der Waals surface area contributed by atoms with E-state index in [2.05, 4.69) is 38.2 Å². The molecule has 2 rings (SSSR count). The molecule has 1 amide bonds. The minimum atomic E-state index is -0.194. The number of amides is 1. The standard InChI is InChI=1S/C20H26N2O2/c1-5-20(3,4)15-6-9-17(10-7-15)24-13-19(23)22-18-11-8-16(21)12-14(18)2/h6-12H,5,13,21H2,1-4H3,(H,22,23). The van der Waals surface area contributed by atoms with Gasteiger partial charge in [-0.25, -0.2) is 0 Å². The molecule has 0 unspecified atom stereocenters. The second kappa shape index (κ2) is 7.39. The average molecular weight is 326 g/mol. The van der Waals surface area contributed by atoms with Gasteiger partial charge in [0.1, 0.15) is 5.75 Å². The largest absolute Gasteiger partial charge is 0.484 e. The lowest BCUT2D eigenvalue weighted by molar-refractivity contribution is -0.118. The van der Waals surface area contributed by atoms with Crippen LogP contribution in [-0.4, -0.2) is 12.5 Å². The Hall–Kier alpha value is -2.49. The van der Waals surface area contributed by atoms with Crippen molar-refractivity contribution in [2.45, 2.75) is 39.5 Å². The highest BCUT2D eigenvalue weighted by atomic mass is 16.5. The van der Waals surface area contributed by atoms with Crippen LogP contribution in [0.15, 0.2) is 42.5 Å². The molecule has 128 valence electrons. The van der Waals surface area contributed by atoms with Crippen molar-refractivity contribution in [3.8, 4) is 5.75 Å². The number of nitrogens with two attached hydrogens (primary N) is 1. The summed E-state index contributed by atoms with van der Waals surface area (Å²) in [7, 11) is 0. The molecule has 0 bridgehead atoms. The SMILES string of the molecule is CCC(C)(C)c1ccc(OCC(=O)Nc2ccc(N)cc2C)cc1. The van der Waals surface area contributed by atoms with Gasteiger partial charge in [-0.2, -0.15) is 0 Å². The van der Waals surface area contributed by atoms with Gasteiger partial charge in [0.05, 0.1) is 0 Å². The number of carbonyl (C=O) groups excluding carboxylic acids is 1. The van der Waals surface area contributed by atoms with Crippen molar-refractivity contribution in [1.82, 2.24) is 0 Å². The fourth-order valence-corrected chi connectivity index (χ4v) is 2.37. The van der Waals surface area contributed by atoms with Gasteiger partial charge >= 0.3 is 0 Å². The maximum absolute atomic E-state index is 12.0. The third-order valence-corrected chi connectivity index (χ3v) is 4.41. The first-order valence-corrected chi connectivity index (χ1v) is 8.21. The first-order chi connectivity index (χ1) is 11.3. The lowest BCUT2D eigenvalue weighted by Crippen LogP contribution is -2.20. The van der Waals surface area contributed by atoms with Crippen LogP contribution in [0.5, 0.6) is 5.75 Å². The molecule has 0 atom stereocenters. The van der Waals surface area contributed by atoms with Gasteiger partial charge in [-0.3, -0.25) is 4.79 Å². The molecule has 4 heteroatoms. The quantitative estimate of drug-likeness (QED) is 0.779. The van der Waals surface area contributed by atoms with E-state index in [4.69, 9.17) is 10.5 Å². The molecule has 0 aliphatic rings. The molecule has 0 fully saturated rings. The van der Waals surface area contributed by atoms with Gasteiger partial charge < -0.3 is 15.8 Å². The van der Waals surface area contributed by atoms with Crippen LogP contribution in [0, 0.1) is 6.92 Å². The highest BCUT2D eigenvalue weighted by Crippen LogP contribution is 2.28. The van der Waals surface area contributed by atoms with E-state index in [1.165, 1.54) is 5.56 Å². The van der Waals surface area contributed by atoms with Gasteiger partial charge in [0.15, 0.2) is 6.61 Å². The van der Waals surface area contributed by atoms with Crippen LogP contribution in [0.2, 0.25) is 0 Å². The molecule has 2 aromatic rings. The average Bonchev–Trinajstić information content (AvgIpc) is 2.56. The monoisotopic (exact) mass is 326 g/mol. The number of nitrogens with one attached hydrogen (secondary N) is 1. The minimum absolute atomic E-state index is 0.0274. The molecule has 0 saturated heterocycles. The van der Waals surface area contributed by atoms with E-state index in [1.54, 1.807) is 12.1 Å². The van der Waals surface area contributed by atoms with Gasteiger partial charge in [-0.1, -0.05) is 32.9 Å². The molecular weight excluding hydrogens is 300 g/mol. The summed E-state index contributed by atoms with van der Waals surface area (Å²) in [5.74, 6) is 0.496. The zero-order valence-electron chi connectivity index (χ0n) is 14.8. The van der Waals surface area contributed by atoms with Crippen molar-refractivity contribution < 1.29 is 9.53 Å². The molecule has 0 spiro atoms. The Morgan fingerprint density at radius 3 is 2.42 bits per heavy atom. The third kappa shape index (κ3) is 4.51. The van der Waals surface area contributed by atoms with E-state index in [-0.39, 0.29) is 17.9 Å². The second-order valence-electron chi connectivity index (χ2n) is 6.67. The number of aryl methyl sites for hydroxylation is 1. The zero-order chi connectivity index (χ0) is 17.7. The van der Waals surface area contributed by atoms with Crippen molar-refractivity contribution in [3.05, 3.63) is 53.6 Å². The highest BCUT2D eigenvalue weighted by molar-refractivity contribution is 5.92. The van der Waals surface area contributed by atoms with E-state index in [1.807, 2.05) is 25.1 Å². The summed E-state index contributed by atoms with van der Waals surface area (Å²) < 4.78 is 5.57. The summed E-state index contributed by atoms with van der Waals surface area (Å²) >= 11 is 0. The second-order valence-corrected chi connectivity index (χ2v) is 6.67. The van der Waals surface area contributed by atoms with Crippen LogP contribution in [0.4, 0.5) is 11.4 Å². The summed E-state index contributed by atoms with van der Waals surface area (Å²) in [6, 6.07) is 13.3. The molecule has 0 heterocycles. The fourth-order valence-electron chi connectivity index (χ4n) is 2.37. The Balaban J connectivity index is 1.92. The maximum Gasteiger partial charge on any atom is 0.262 e. The number of ether oxygens (including phenoxy) is 1. The van der Waals surface area contributed by atoms with Crippen LogP contribution >= 0.6 is 0 Å². The van der Waals surface area contributed by atoms with Crippen molar-refractivity contribution in [2.24, 2.45) is 0 Å². The number of rotatable bonds is 6. The first kappa shape index (κ1) is 17.9. The van der Waals surface area contributed by atoms with Crippen molar-refractivity contribution in [2.75, 3.05) is 17.7 Å². The van der Waals surface area contributed by atoms with Crippen LogP contribution in [0.25, 0.3) is 0 Å². The number of benzene rings is 2. The van der Waals surface area contributed by atoms with Crippen LogP contribution in [0.1, 0.15) is 38.3 Å². The Bertz CT molecular complexity index is 706. The van der Waals surface area contributed by atoms with E-state index in [0.717, 1.165) is 17.7 Å². The molecule has 0 aromatic heterocycles. The fraction of sp³-hybridized carbons (Fsp3) is 0.350. The number of carbonyl (C=O) groups is 1. The van der Waals surface area contributed by atoms with E-state index in [9.17, 15) is 4.79 Å². The molecule has 0 aliphatic heterocycles. The van der Waals surface area contributed by atoms with Crippen molar-refractivity contribution in [1.29, 1.82) is 0 Å².